The van der Waals surface area contributed by atoms with E-state index in [1.807, 2.05) is 48.5 Å². The minimum atomic E-state index is -4.34. The number of benzene rings is 3. The van der Waals surface area contributed by atoms with E-state index >= 15 is 0 Å². The number of hydrogen-bond donors (Lipinski definition) is 2. The van der Waals surface area contributed by atoms with Crippen molar-refractivity contribution in [3.63, 3.8) is 0 Å². The van der Waals surface area contributed by atoms with Crippen molar-refractivity contribution in [1.29, 1.82) is 0 Å². The maximum atomic E-state index is 12.7. The third kappa shape index (κ3) is 8.04. The molecule has 5 nitrogen and oxygen atoms in total. The molecule has 8 heteroatoms. The van der Waals surface area contributed by atoms with Gasteiger partial charge in [0, 0.05) is 25.7 Å². The van der Waals surface area contributed by atoms with Gasteiger partial charge in [-0.25, -0.2) is 0 Å². The van der Waals surface area contributed by atoms with Crippen molar-refractivity contribution >= 4 is 12.2 Å². The van der Waals surface area contributed by atoms with Crippen molar-refractivity contribution in [2.45, 2.75) is 32.2 Å². The number of nitrogens with zero attached hydrogens (tertiary/aromatic N) is 1. The lowest BCUT2D eigenvalue weighted by Gasteiger charge is -2.08. The molecule has 0 bridgehead atoms. The van der Waals surface area contributed by atoms with Crippen LogP contribution in [-0.4, -0.2) is 23.8 Å². The van der Waals surface area contributed by atoms with Crippen LogP contribution < -0.4 is 5.32 Å². The molecule has 2 N–H and O–H groups in total. The van der Waals surface area contributed by atoms with Crippen LogP contribution in [0.25, 0.3) is 11.1 Å². The number of carboxylic acids is 1. The maximum absolute atomic E-state index is 12.7. The van der Waals surface area contributed by atoms with Gasteiger partial charge in [-0.1, -0.05) is 65.8 Å². The van der Waals surface area contributed by atoms with E-state index in [2.05, 4.69) is 10.5 Å². The van der Waals surface area contributed by atoms with Crippen LogP contribution in [0.3, 0.4) is 0 Å². The molecule has 0 saturated heterocycles. The van der Waals surface area contributed by atoms with Crippen LogP contribution >= 0.6 is 0 Å². The van der Waals surface area contributed by atoms with Gasteiger partial charge in [-0.05, 0) is 39.9 Å². The zero-order valence-electron chi connectivity index (χ0n) is 18.4. The van der Waals surface area contributed by atoms with Gasteiger partial charge in [-0.3, -0.25) is 4.79 Å². The first kappa shape index (κ1) is 25.0. The molecule has 0 aliphatic carbocycles. The summed E-state index contributed by atoms with van der Waals surface area (Å²) >= 11 is 0. The second kappa shape index (κ2) is 12.0. The Bertz CT molecular complexity index is 1080. The van der Waals surface area contributed by atoms with Crippen molar-refractivity contribution in [1.82, 2.24) is 5.32 Å². The van der Waals surface area contributed by atoms with Gasteiger partial charge in [0.2, 0.25) is 0 Å². The molecule has 0 amide bonds. The summed E-state index contributed by atoms with van der Waals surface area (Å²) in [7, 11) is 0. The topological polar surface area (TPSA) is 70.9 Å². The number of carboxylic acid groups (broad SMARTS) is 1. The SMILES string of the molecule is O=C(O)CCNCc1ccc(CC=NOCc2ccc(-c3ccc(C(F)(F)F)cc3)cc2)cc1. The number of halogens is 3. The first-order chi connectivity index (χ1) is 16.3. The third-order valence-electron chi connectivity index (χ3n) is 5.07. The number of alkyl halides is 3. The van der Waals surface area contributed by atoms with Crippen LogP contribution in [0.15, 0.2) is 78.0 Å². The molecule has 0 aromatic heterocycles. The van der Waals surface area contributed by atoms with Crippen LogP contribution in [0.5, 0.6) is 0 Å². The summed E-state index contributed by atoms with van der Waals surface area (Å²) in [6.07, 6.45) is -1.96. The predicted octanol–water partition coefficient (Wildman–Crippen LogP) is 5.68. The standard InChI is InChI=1S/C26H25F3N2O3/c27-26(28,29)24-11-9-23(10-12-24)22-7-5-21(6-8-22)18-34-31-16-13-19-1-3-20(4-2-19)17-30-15-14-25(32)33/h1-12,16,30H,13-15,17-18H2,(H,32,33). The molecular weight excluding hydrogens is 445 g/mol. The Balaban J connectivity index is 1.40. The molecule has 0 fully saturated rings. The van der Waals surface area contributed by atoms with Crippen LogP contribution in [0, 0.1) is 0 Å². The van der Waals surface area contributed by atoms with Crippen molar-refractivity contribution in [2.75, 3.05) is 6.54 Å². The molecule has 0 radical (unpaired) electrons. The molecule has 0 atom stereocenters. The van der Waals surface area contributed by atoms with Crippen LogP contribution in [-0.2, 0) is 35.4 Å². The fraction of sp³-hybridized carbons (Fsp3) is 0.231. The van der Waals surface area contributed by atoms with Crippen LogP contribution in [0.4, 0.5) is 13.2 Å². The summed E-state index contributed by atoms with van der Waals surface area (Å²) in [5.41, 5.74) is 3.90. The molecule has 0 aliphatic rings. The van der Waals surface area contributed by atoms with Gasteiger partial charge in [-0.2, -0.15) is 13.2 Å². The summed E-state index contributed by atoms with van der Waals surface area (Å²) in [6, 6.07) is 20.4. The molecule has 0 heterocycles. The normalized spacial score (nSPS) is 11.6. The monoisotopic (exact) mass is 470 g/mol. The van der Waals surface area contributed by atoms with E-state index in [9.17, 15) is 18.0 Å². The summed E-state index contributed by atoms with van der Waals surface area (Å²) in [6.45, 7) is 1.33. The van der Waals surface area contributed by atoms with Gasteiger partial charge in [0.25, 0.3) is 0 Å². The van der Waals surface area contributed by atoms with E-state index < -0.39 is 17.7 Å². The van der Waals surface area contributed by atoms with Crippen molar-refractivity contribution in [3.8, 4) is 11.1 Å². The molecule has 3 rings (SSSR count). The van der Waals surface area contributed by atoms with Gasteiger partial charge < -0.3 is 15.3 Å². The number of hydrogen-bond acceptors (Lipinski definition) is 4. The van der Waals surface area contributed by atoms with E-state index in [1.165, 1.54) is 12.1 Å². The molecule has 0 spiro atoms. The molecule has 34 heavy (non-hydrogen) atoms. The van der Waals surface area contributed by atoms with Crippen LogP contribution in [0.2, 0.25) is 0 Å². The summed E-state index contributed by atoms with van der Waals surface area (Å²) in [5.74, 6) is -0.820. The quantitative estimate of drug-likeness (QED) is 0.215. The number of aliphatic carboxylic acids is 1. The smallest absolute Gasteiger partial charge is 0.416 e. The highest BCUT2D eigenvalue weighted by atomic mass is 19.4. The largest absolute Gasteiger partial charge is 0.481 e. The van der Waals surface area contributed by atoms with Crippen molar-refractivity contribution < 1.29 is 27.9 Å². The maximum Gasteiger partial charge on any atom is 0.416 e. The minimum absolute atomic E-state index is 0.0951. The molecule has 178 valence electrons. The average molecular weight is 470 g/mol. The molecule has 0 saturated carbocycles. The Hall–Kier alpha value is -3.65. The number of oxime groups is 1. The van der Waals surface area contributed by atoms with Gasteiger partial charge in [-0.15, -0.1) is 0 Å². The lowest BCUT2D eigenvalue weighted by atomic mass is 10.0. The predicted molar refractivity (Wildman–Crippen MR) is 124 cm³/mol. The Morgan fingerprint density at radius 3 is 2.03 bits per heavy atom. The van der Waals surface area contributed by atoms with Crippen molar-refractivity contribution in [2.24, 2.45) is 5.16 Å². The van der Waals surface area contributed by atoms with Gasteiger partial charge in [0.05, 0.1) is 12.0 Å². The van der Waals surface area contributed by atoms with Gasteiger partial charge >= 0.3 is 12.1 Å². The molecule has 3 aromatic carbocycles. The van der Waals surface area contributed by atoms with E-state index in [0.29, 0.717) is 25.1 Å². The molecular formula is C26H25F3N2O3. The highest BCUT2D eigenvalue weighted by molar-refractivity contribution is 5.67. The second-order valence-electron chi connectivity index (χ2n) is 7.67. The zero-order valence-corrected chi connectivity index (χ0v) is 18.4. The first-order valence-electron chi connectivity index (χ1n) is 10.7. The highest BCUT2D eigenvalue weighted by Gasteiger charge is 2.29. The fourth-order valence-electron chi connectivity index (χ4n) is 3.17. The number of carbonyl (C=O) groups is 1. The zero-order chi connectivity index (χ0) is 24.4. The third-order valence-corrected chi connectivity index (χ3v) is 5.07. The fourth-order valence-corrected chi connectivity index (χ4v) is 3.17. The Morgan fingerprint density at radius 1 is 0.882 bits per heavy atom. The summed E-state index contributed by atoms with van der Waals surface area (Å²) in [5, 5.41) is 15.7. The Morgan fingerprint density at radius 2 is 1.44 bits per heavy atom. The molecule has 0 unspecified atom stereocenters. The van der Waals surface area contributed by atoms with Gasteiger partial charge in [0.1, 0.15) is 6.61 Å². The number of nitrogens with one attached hydrogen (secondary N) is 1. The van der Waals surface area contributed by atoms with Crippen LogP contribution in [0.1, 0.15) is 28.7 Å². The lowest BCUT2D eigenvalue weighted by Crippen LogP contribution is -2.17. The average Bonchev–Trinajstić information content (AvgIpc) is 2.82. The highest BCUT2D eigenvalue weighted by Crippen LogP contribution is 2.31. The van der Waals surface area contributed by atoms with Crippen molar-refractivity contribution in [3.05, 3.63) is 95.1 Å². The summed E-state index contributed by atoms with van der Waals surface area (Å²) < 4.78 is 38.1. The first-order valence-corrected chi connectivity index (χ1v) is 10.7. The van der Waals surface area contributed by atoms with E-state index in [4.69, 9.17) is 9.94 Å². The van der Waals surface area contributed by atoms with E-state index in [0.717, 1.165) is 34.4 Å². The molecule has 3 aromatic rings. The Kier molecular flexibility index (Phi) is 8.81. The van der Waals surface area contributed by atoms with E-state index in [-0.39, 0.29) is 13.0 Å². The van der Waals surface area contributed by atoms with E-state index in [1.54, 1.807) is 6.21 Å². The summed E-state index contributed by atoms with van der Waals surface area (Å²) in [4.78, 5) is 15.8. The minimum Gasteiger partial charge on any atom is -0.481 e. The number of rotatable bonds is 11. The molecule has 0 aliphatic heterocycles. The second-order valence-corrected chi connectivity index (χ2v) is 7.67. The lowest BCUT2D eigenvalue weighted by molar-refractivity contribution is -0.138. The Labute approximate surface area is 195 Å². The van der Waals surface area contributed by atoms with Gasteiger partial charge in [0.15, 0.2) is 0 Å².